The third-order valence-electron chi connectivity index (χ3n) is 8.45. The average molecular weight is 568 g/mol. The number of carbonyl (C=O) groups excluding carboxylic acids is 1. The van der Waals surface area contributed by atoms with Gasteiger partial charge in [0, 0.05) is 56.4 Å². The first kappa shape index (κ1) is 26.6. The predicted octanol–water partition coefficient (Wildman–Crippen LogP) is 4.20. The lowest BCUT2D eigenvalue weighted by atomic mass is 9.93. The van der Waals surface area contributed by atoms with Gasteiger partial charge in [0.15, 0.2) is 5.75 Å². The zero-order valence-electron chi connectivity index (χ0n) is 21.7. The van der Waals surface area contributed by atoms with Gasteiger partial charge in [-0.15, -0.1) is 0 Å². The number of rotatable bonds is 3. The summed E-state index contributed by atoms with van der Waals surface area (Å²) in [4.78, 5) is 24.4. The van der Waals surface area contributed by atoms with Crippen molar-refractivity contribution in [2.24, 2.45) is 5.92 Å². The van der Waals surface area contributed by atoms with E-state index in [2.05, 4.69) is 5.32 Å². The van der Waals surface area contributed by atoms with Gasteiger partial charge in [-0.05, 0) is 32.4 Å². The standard InChI is InChI=1S/C27H30ClF4N5O2/c1-26(2)9-16(35-11-15(12-35)27(30,31)32)13-37(26)24-20-23(39-14-17-10-33-7-8-36(17)25(20)38)21(28)22(34-24)18-5-3-4-6-19(18)29/h3-6,15-17,33H,7-14H2,1-2H3/t16?,17-/m1/s1. The molecule has 1 aromatic heterocycles. The van der Waals surface area contributed by atoms with Crippen molar-refractivity contribution in [1.29, 1.82) is 0 Å². The highest BCUT2D eigenvalue weighted by Crippen LogP contribution is 2.47. The largest absolute Gasteiger partial charge is 0.489 e. The van der Waals surface area contributed by atoms with Crippen LogP contribution in [0, 0.1) is 11.7 Å². The highest BCUT2D eigenvalue weighted by Gasteiger charge is 2.52. The van der Waals surface area contributed by atoms with Crippen LogP contribution in [-0.4, -0.2) is 90.4 Å². The van der Waals surface area contributed by atoms with E-state index in [0.717, 1.165) is 0 Å². The van der Waals surface area contributed by atoms with Gasteiger partial charge < -0.3 is 19.9 Å². The zero-order chi connectivity index (χ0) is 27.7. The molecular formula is C27H30ClF4N5O2. The Kier molecular flexibility index (Phi) is 6.47. The van der Waals surface area contributed by atoms with Crippen molar-refractivity contribution in [2.45, 2.75) is 44.1 Å². The molecule has 4 aliphatic heterocycles. The van der Waals surface area contributed by atoms with Crippen LogP contribution in [0.4, 0.5) is 23.4 Å². The summed E-state index contributed by atoms with van der Waals surface area (Å²) in [5.74, 6) is -1.63. The zero-order valence-corrected chi connectivity index (χ0v) is 22.4. The monoisotopic (exact) mass is 567 g/mol. The molecule has 7 nitrogen and oxygen atoms in total. The number of benzene rings is 1. The Hall–Kier alpha value is -2.63. The molecule has 210 valence electrons. The normalized spacial score (nSPS) is 25.6. The van der Waals surface area contributed by atoms with Crippen molar-refractivity contribution in [2.75, 3.05) is 50.8 Å². The maximum Gasteiger partial charge on any atom is 0.394 e. The number of alkyl halides is 3. The van der Waals surface area contributed by atoms with Crippen molar-refractivity contribution in [3.05, 3.63) is 40.7 Å². The van der Waals surface area contributed by atoms with Gasteiger partial charge in [0.05, 0.1) is 17.7 Å². The fourth-order valence-corrected chi connectivity index (χ4v) is 6.52. The molecule has 4 aliphatic rings. The Bertz CT molecular complexity index is 1300. The molecule has 0 radical (unpaired) electrons. The molecule has 2 aromatic rings. The van der Waals surface area contributed by atoms with E-state index in [0.29, 0.717) is 38.4 Å². The lowest BCUT2D eigenvalue weighted by Crippen LogP contribution is -2.57. The molecule has 2 atom stereocenters. The summed E-state index contributed by atoms with van der Waals surface area (Å²) in [7, 11) is 0. The highest BCUT2D eigenvalue weighted by molar-refractivity contribution is 6.35. The SMILES string of the molecule is CC1(C)CC(N2CC(C(F)(F)F)C2)CN1c1nc(-c2ccccc2F)c(Cl)c2c1C(=O)N1CCNC[C@@H]1CO2. The molecule has 5 heterocycles. The molecule has 6 rings (SSSR count). The Morgan fingerprint density at radius 1 is 1.15 bits per heavy atom. The number of likely N-dealkylation sites (tertiary alicyclic amines) is 1. The van der Waals surface area contributed by atoms with Crippen molar-refractivity contribution in [3.8, 4) is 17.0 Å². The minimum Gasteiger partial charge on any atom is -0.489 e. The van der Waals surface area contributed by atoms with Crippen LogP contribution >= 0.6 is 11.6 Å². The van der Waals surface area contributed by atoms with Crippen molar-refractivity contribution < 1.29 is 27.1 Å². The number of nitrogens with zero attached hydrogens (tertiary/aromatic N) is 4. The maximum absolute atomic E-state index is 15.0. The number of hydrogen-bond acceptors (Lipinski definition) is 6. The molecule has 0 bridgehead atoms. The van der Waals surface area contributed by atoms with Crippen molar-refractivity contribution in [1.82, 2.24) is 20.1 Å². The Labute approximate surface area is 229 Å². The molecule has 3 saturated heterocycles. The quantitative estimate of drug-likeness (QED) is 0.561. The third-order valence-corrected chi connectivity index (χ3v) is 8.80. The molecule has 1 N–H and O–H groups in total. The minimum absolute atomic E-state index is 0.0464. The molecule has 1 amide bonds. The van der Waals surface area contributed by atoms with E-state index in [1.165, 1.54) is 6.07 Å². The lowest BCUT2D eigenvalue weighted by molar-refractivity contribution is -0.213. The van der Waals surface area contributed by atoms with Crippen LogP contribution in [0.1, 0.15) is 30.6 Å². The lowest BCUT2D eigenvalue weighted by Gasteiger charge is -2.43. The number of piperazine rings is 1. The van der Waals surface area contributed by atoms with Gasteiger partial charge >= 0.3 is 6.18 Å². The summed E-state index contributed by atoms with van der Waals surface area (Å²) >= 11 is 6.81. The maximum atomic E-state index is 15.0. The summed E-state index contributed by atoms with van der Waals surface area (Å²) in [6, 6.07) is 5.76. The number of pyridine rings is 1. The van der Waals surface area contributed by atoms with Crippen LogP contribution in [0.3, 0.4) is 0 Å². The molecule has 0 spiro atoms. The van der Waals surface area contributed by atoms with Gasteiger partial charge in [0.25, 0.3) is 5.91 Å². The van der Waals surface area contributed by atoms with E-state index >= 15 is 0 Å². The van der Waals surface area contributed by atoms with Gasteiger partial charge in [-0.3, -0.25) is 9.69 Å². The first-order valence-electron chi connectivity index (χ1n) is 13.2. The van der Waals surface area contributed by atoms with Crippen LogP contribution < -0.4 is 15.0 Å². The fraction of sp³-hybridized carbons (Fsp3) is 0.556. The highest BCUT2D eigenvalue weighted by atomic mass is 35.5. The second-order valence-corrected chi connectivity index (χ2v) is 11.8. The number of aromatic nitrogens is 1. The van der Waals surface area contributed by atoms with Gasteiger partial charge in [-0.25, -0.2) is 9.37 Å². The second kappa shape index (κ2) is 9.49. The number of carbonyl (C=O) groups is 1. The first-order valence-corrected chi connectivity index (χ1v) is 13.5. The first-order chi connectivity index (χ1) is 18.5. The summed E-state index contributed by atoms with van der Waals surface area (Å²) in [6.07, 6.45) is -3.63. The number of ether oxygens (including phenoxy) is 1. The number of amides is 1. The van der Waals surface area contributed by atoms with E-state index in [1.54, 1.807) is 23.1 Å². The predicted molar refractivity (Wildman–Crippen MR) is 139 cm³/mol. The topological polar surface area (TPSA) is 60.9 Å². The minimum atomic E-state index is -4.21. The molecule has 1 unspecified atom stereocenters. The number of hydrogen-bond donors (Lipinski definition) is 1. The van der Waals surface area contributed by atoms with Crippen LogP contribution in [0.25, 0.3) is 11.3 Å². The molecule has 3 fully saturated rings. The molecule has 12 heteroatoms. The molecule has 1 aromatic carbocycles. The van der Waals surface area contributed by atoms with Crippen molar-refractivity contribution in [3.63, 3.8) is 0 Å². The molecular weight excluding hydrogens is 538 g/mol. The van der Waals surface area contributed by atoms with E-state index in [9.17, 15) is 22.4 Å². The van der Waals surface area contributed by atoms with Gasteiger partial charge in [-0.2, -0.15) is 13.2 Å². The summed E-state index contributed by atoms with van der Waals surface area (Å²) < 4.78 is 60.7. The van der Waals surface area contributed by atoms with Gasteiger partial charge in [-0.1, -0.05) is 23.7 Å². The number of nitrogens with one attached hydrogen (secondary N) is 1. The number of fused-ring (bicyclic) bond motifs is 2. The van der Waals surface area contributed by atoms with Crippen molar-refractivity contribution >= 4 is 23.3 Å². The Balaban J connectivity index is 1.45. The van der Waals surface area contributed by atoms with E-state index in [1.807, 2.05) is 23.6 Å². The van der Waals surface area contributed by atoms with E-state index < -0.39 is 23.5 Å². The van der Waals surface area contributed by atoms with Crippen LogP contribution in [0.5, 0.6) is 5.75 Å². The number of anilines is 1. The van der Waals surface area contributed by atoms with Gasteiger partial charge in [0.1, 0.15) is 28.8 Å². The second-order valence-electron chi connectivity index (χ2n) is 11.4. The summed E-state index contributed by atoms with van der Waals surface area (Å²) in [6.45, 7) is 6.13. The Morgan fingerprint density at radius 3 is 2.62 bits per heavy atom. The molecule has 0 saturated carbocycles. The number of halogens is 5. The Morgan fingerprint density at radius 2 is 1.90 bits per heavy atom. The molecule has 39 heavy (non-hydrogen) atoms. The van der Waals surface area contributed by atoms with Gasteiger partial charge in [0.2, 0.25) is 0 Å². The van der Waals surface area contributed by atoms with E-state index in [4.69, 9.17) is 21.3 Å². The summed E-state index contributed by atoms with van der Waals surface area (Å²) in [5, 5.41) is 3.34. The van der Waals surface area contributed by atoms with Crippen LogP contribution in [-0.2, 0) is 0 Å². The fourth-order valence-electron chi connectivity index (χ4n) is 6.23. The van der Waals surface area contributed by atoms with E-state index in [-0.39, 0.29) is 65.3 Å². The van der Waals surface area contributed by atoms with Crippen LogP contribution in [0.15, 0.2) is 24.3 Å². The van der Waals surface area contributed by atoms with Crippen LogP contribution in [0.2, 0.25) is 5.02 Å². The summed E-state index contributed by atoms with van der Waals surface area (Å²) in [5.41, 5.74) is 0.00467. The average Bonchev–Trinajstić information content (AvgIpc) is 3.06. The third kappa shape index (κ3) is 4.52. The molecule has 0 aliphatic carbocycles. The smallest absolute Gasteiger partial charge is 0.394 e.